The highest BCUT2D eigenvalue weighted by molar-refractivity contribution is 5.82. The van der Waals surface area contributed by atoms with Crippen LogP contribution in [0.3, 0.4) is 0 Å². The third-order valence-electron chi connectivity index (χ3n) is 2.52. The molecule has 5 heteroatoms. The molecule has 1 atom stereocenters. The summed E-state index contributed by atoms with van der Waals surface area (Å²) in [7, 11) is 1.61. The third kappa shape index (κ3) is 4.18. The maximum Gasteiger partial charge on any atom is 0.325 e. The molecular weight excluding hydrogens is 210 g/mol. The maximum absolute atomic E-state index is 11.7. The normalized spacial score (nSPS) is 19.5. The van der Waals surface area contributed by atoms with Gasteiger partial charge in [0.2, 0.25) is 5.91 Å². The number of likely N-dealkylation sites (N-methyl/N-ethyl adjacent to an activating group) is 1. The van der Waals surface area contributed by atoms with Crippen molar-refractivity contribution in [2.24, 2.45) is 0 Å². The molecule has 5 nitrogen and oxygen atoms in total. The zero-order valence-corrected chi connectivity index (χ0v) is 9.90. The van der Waals surface area contributed by atoms with Gasteiger partial charge in [0.1, 0.15) is 6.54 Å². The Morgan fingerprint density at radius 2 is 2.25 bits per heavy atom. The van der Waals surface area contributed by atoms with Gasteiger partial charge in [-0.2, -0.15) is 0 Å². The van der Waals surface area contributed by atoms with Crippen LogP contribution in [-0.2, 0) is 19.1 Å². The van der Waals surface area contributed by atoms with E-state index < -0.39 is 0 Å². The van der Waals surface area contributed by atoms with Crippen LogP contribution in [0.5, 0.6) is 0 Å². The predicted octanol–water partition coefficient (Wildman–Crippen LogP) is 0.577. The van der Waals surface area contributed by atoms with E-state index in [1.165, 1.54) is 4.90 Å². The molecule has 0 aromatic rings. The molecule has 0 aromatic heterocycles. The minimum atomic E-state index is -0.370. The van der Waals surface area contributed by atoms with Gasteiger partial charge in [0.15, 0.2) is 0 Å². The molecule has 0 aromatic carbocycles. The van der Waals surface area contributed by atoms with E-state index in [1.807, 2.05) is 0 Å². The Bertz CT molecular complexity index is 248. The van der Waals surface area contributed by atoms with Crippen LogP contribution < -0.4 is 0 Å². The van der Waals surface area contributed by atoms with Crippen molar-refractivity contribution in [1.29, 1.82) is 0 Å². The van der Waals surface area contributed by atoms with Crippen molar-refractivity contribution in [2.45, 2.75) is 32.3 Å². The van der Waals surface area contributed by atoms with Gasteiger partial charge in [-0.05, 0) is 19.8 Å². The van der Waals surface area contributed by atoms with E-state index >= 15 is 0 Å². The van der Waals surface area contributed by atoms with Crippen LogP contribution in [0.2, 0.25) is 0 Å². The lowest BCUT2D eigenvalue weighted by Gasteiger charge is -2.18. The summed E-state index contributed by atoms with van der Waals surface area (Å²) in [5.74, 6) is -0.439. The Hall–Kier alpha value is -1.10. The summed E-state index contributed by atoms with van der Waals surface area (Å²) in [6.07, 6.45) is 2.33. The van der Waals surface area contributed by atoms with Gasteiger partial charge in [-0.3, -0.25) is 9.59 Å². The first-order valence-corrected chi connectivity index (χ1v) is 5.64. The second-order valence-electron chi connectivity index (χ2n) is 3.89. The number of amides is 1. The number of rotatable bonds is 5. The standard InChI is InChI=1S/C11H19NO4/c1-3-15-11(14)8-12(2)10(13)7-9-5-4-6-16-9/h9H,3-8H2,1-2H3. The lowest BCUT2D eigenvalue weighted by Crippen LogP contribution is -2.34. The smallest absolute Gasteiger partial charge is 0.325 e. The van der Waals surface area contributed by atoms with E-state index in [4.69, 9.17) is 9.47 Å². The number of hydrogen-bond donors (Lipinski definition) is 0. The Labute approximate surface area is 95.7 Å². The predicted molar refractivity (Wildman–Crippen MR) is 57.9 cm³/mol. The quantitative estimate of drug-likeness (QED) is 0.647. The number of esters is 1. The summed E-state index contributed by atoms with van der Waals surface area (Å²) in [5.41, 5.74) is 0. The molecule has 16 heavy (non-hydrogen) atoms. The Kier molecular flexibility index (Phi) is 5.25. The van der Waals surface area contributed by atoms with Crippen LogP contribution in [0.4, 0.5) is 0 Å². The molecule has 92 valence electrons. The number of carbonyl (C=O) groups excluding carboxylic acids is 2. The molecule has 1 unspecified atom stereocenters. The first-order chi connectivity index (χ1) is 7.63. The summed E-state index contributed by atoms with van der Waals surface area (Å²) in [6, 6.07) is 0. The van der Waals surface area contributed by atoms with E-state index in [9.17, 15) is 9.59 Å². The topological polar surface area (TPSA) is 55.8 Å². The minimum absolute atomic E-state index is 0.0133. The fraction of sp³-hybridized carbons (Fsp3) is 0.818. The minimum Gasteiger partial charge on any atom is -0.465 e. The van der Waals surface area contributed by atoms with Crippen molar-refractivity contribution in [1.82, 2.24) is 4.90 Å². The highest BCUT2D eigenvalue weighted by atomic mass is 16.5. The number of carbonyl (C=O) groups is 2. The molecule has 1 rings (SSSR count). The molecule has 1 saturated heterocycles. The molecule has 1 heterocycles. The SMILES string of the molecule is CCOC(=O)CN(C)C(=O)CC1CCCO1. The van der Waals surface area contributed by atoms with Crippen molar-refractivity contribution >= 4 is 11.9 Å². The maximum atomic E-state index is 11.7. The zero-order valence-electron chi connectivity index (χ0n) is 9.90. The molecule has 0 radical (unpaired) electrons. The van der Waals surface area contributed by atoms with Crippen molar-refractivity contribution < 1.29 is 19.1 Å². The van der Waals surface area contributed by atoms with E-state index in [1.54, 1.807) is 14.0 Å². The zero-order chi connectivity index (χ0) is 12.0. The summed E-state index contributed by atoms with van der Waals surface area (Å²) in [5, 5.41) is 0. The molecule has 0 saturated carbocycles. The summed E-state index contributed by atoms with van der Waals surface area (Å²) in [4.78, 5) is 24.2. The fourth-order valence-electron chi connectivity index (χ4n) is 1.64. The lowest BCUT2D eigenvalue weighted by atomic mass is 10.1. The van der Waals surface area contributed by atoms with Gasteiger partial charge in [-0.1, -0.05) is 0 Å². The second kappa shape index (κ2) is 6.48. The van der Waals surface area contributed by atoms with E-state index in [0.717, 1.165) is 19.4 Å². The van der Waals surface area contributed by atoms with E-state index in [-0.39, 0.29) is 24.5 Å². The van der Waals surface area contributed by atoms with Crippen molar-refractivity contribution in [3.63, 3.8) is 0 Å². The number of nitrogens with zero attached hydrogens (tertiary/aromatic N) is 1. The largest absolute Gasteiger partial charge is 0.465 e. The fourth-order valence-corrected chi connectivity index (χ4v) is 1.64. The number of hydrogen-bond acceptors (Lipinski definition) is 4. The first kappa shape index (κ1) is 13.0. The van der Waals surface area contributed by atoms with Gasteiger partial charge in [0, 0.05) is 13.7 Å². The molecule has 0 bridgehead atoms. The van der Waals surface area contributed by atoms with Gasteiger partial charge in [0.25, 0.3) is 0 Å². The summed E-state index contributed by atoms with van der Waals surface area (Å²) >= 11 is 0. The average Bonchev–Trinajstić information content (AvgIpc) is 2.70. The van der Waals surface area contributed by atoms with Gasteiger partial charge in [0.05, 0.1) is 19.1 Å². The average molecular weight is 229 g/mol. The lowest BCUT2D eigenvalue weighted by molar-refractivity contribution is -0.148. The van der Waals surface area contributed by atoms with Crippen LogP contribution >= 0.6 is 0 Å². The van der Waals surface area contributed by atoms with Crippen molar-refractivity contribution in [2.75, 3.05) is 26.8 Å². The molecule has 0 spiro atoms. The molecule has 1 aliphatic heterocycles. The molecule has 1 amide bonds. The Balaban J connectivity index is 2.26. The monoisotopic (exact) mass is 229 g/mol. The Morgan fingerprint density at radius 1 is 1.50 bits per heavy atom. The first-order valence-electron chi connectivity index (χ1n) is 5.64. The number of ether oxygens (including phenoxy) is 2. The third-order valence-corrected chi connectivity index (χ3v) is 2.52. The molecule has 0 N–H and O–H groups in total. The van der Waals surface area contributed by atoms with Crippen LogP contribution in [0.25, 0.3) is 0 Å². The van der Waals surface area contributed by atoms with Gasteiger partial charge in [-0.15, -0.1) is 0 Å². The Morgan fingerprint density at radius 3 is 2.81 bits per heavy atom. The van der Waals surface area contributed by atoms with E-state index in [0.29, 0.717) is 13.0 Å². The molecule has 0 aliphatic carbocycles. The summed E-state index contributed by atoms with van der Waals surface area (Å²) in [6.45, 7) is 2.83. The van der Waals surface area contributed by atoms with Crippen molar-refractivity contribution in [3.05, 3.63) is 0 Å². The van der Waals surface area contributed by atoms with E-state index in [2.05, 4.69) is 0 Å². The van der Waals surface area contributed by atoms with Gasteiger partial charge in [-0.25, -0.2) is 0 Å². The molecule has 1 fully saturated rings. The van der Waals surface area contributed by atoms with Crippen molar-refractivity contribution in [3.8, 4) is 0 Å². The van der Waals surface area contributed by atoms with Crippen LogP contribution in [0, 0.1) is 0 Å². The van der Waals surface area contributed by atoms with Crippen LogP contribution in [-0.4, -0.2) is 49.7 Å². The van der Waals surface area contributed by atoms with Gasteiger partial charge < -0.3 is 14.4 Å². The molecule has 1 aliphatic rings. The highest BCUT2D eigenvalue weighted by Crippen LogP contribution is 2.15. The second-order valence-corrected chi connectivity index (χ2v) is 3.89. The van der Waals surface area contributed by atoms with Gasteiger partial charge >= 0.3 is 5.97 Å². The van der Waals surface area contributed by atoms with Crippen LogP contribution in [0.15, 0.2) is 0 Å². The van der Waals surface area contributed by atoms with Crippen LogP contribution in [0.1, 0.15) is 26.2 Å². The summed E-state index contributed by atoms with van der Waals surface area (Å²) < 4.78 is 10.1. The highest BCUT2D eigenvalue weighted by Gasteiger charge is 2.22. The molecular formula is C11H19NO4.